The molecule has 0 unspecified atom stereocenters. The van der Waals surface area contributed by atoms with Gasteiger partial charge in [0.1, 0.15) is 5.75 Å². The first-order valence-electron chi connectivity index (χ1n) is 5.81. The summed E-state index contributed by atoms with van der Waals surface area (Å²) in [6.45, 7) is 0.331. The third-order valence-electron chi connectivity index (χ3n) is 2.49. The van der Waals surface area contributed by atoms with Gasteiger partial charge in [0.05, 0.1) is 18.1 Å². The van der Waals surface area contributed by atoms with Crippen molar-refractivity contribution in [2.75, 3.05) is 13.2 Å². The zero-order valence-electron chi connectivity index (χ0n) is 10.0. The number of nitro benzene ring substituents is 1. The summed E-state index contributed by atoms with van der Waals surface area (Å²) in [4.78, 5) is 10.1. The van der Waals surface area contributed by atoms with Crippen LogP contribution in [0.4, 0.5) is 5.69 Å². The Labute approximate surface area is 105 Å². The number of benzene rings is 1. The highest BCUT2D eigenvalue weighted by molar-refractivity contribution is 5.43. The minimum atomic E-state index is -0.510. The van der Waals surface area contributed by atoms with Crippen molar-refractivity contribution in [3.8, 4) is 5.75 Å². The van der Waals surface area contributed by atoms with Gasteiger partial charge in [-0.1, -0.05) is 0 Å². The Morgan fingerprint density at radius 1 is 1.22 bits per heavy atom. The molecule has 6 nitrogen and oxygen atoms in total. The average Bonchev–Trinajstić information content (AvgIpc) is 2.38. The van der Waals surface area contributed by atoms with Gasteiger partial charge >= 0.3 is 0 Å². The van der Waals surface area contributed by atoms with Crippen LogP contribution in [0.25, 0.3) is 0 Å². The van der Waals surface area contributed by atoms with Crippen molar-refractivity contribution in [1.29, 1.82) is 0 Å². The normalized spacial score (nSPS) is 10.3. The highest BCUT2D eigenvalue weighted by Gasteiger charge is 2.10. The van der Waals surface area contributed by atoms with E-state index in [-0.39, 0.29) is 18.9 Å². The van der Waals surface area contributed by atoms with Crippen LogP contribution in [-0.4, -0.2) is 28.4 Å². The topological polar surface area (TPSA) is 92.8 Å². The molecule has 0 saturated heterocycles. The van der Waals surface area contributed by atoms with E-state index in [2.05, 4.69) is 0 Å². The highest BCUT2D eigenvalue weighted by Crippen LogP contribution is 2.24. The molecule has 1 aromatic rings. The molecule has 1 rings (SSSR count). The highest BCUT2D eigenvalue weighted by atomic mass is 16.6. The van der Waals surface area contributed by atoms with Gasteiger partial charge in [-0.15, -0.1) is 0 Å². The van der Waals surface area contributed by atoms with E-state index in [0.29, 0.717) is 17.9 Å². The van der Waals surface area contributed by atoms with Crippen LogP contribution < -0.4 is 4.74 Å². The molecule has 1 aromatic carbocycles. The number of nitro groups is 1. The van der Waals surface area contributed by atoms with E-state index < -0.39 is 4.92 Å². The van der Waals surface area contributed by atoms with Crippen molar-refractivity contribution in [2.24, 2.45) is 0 Å². The van der Waals surface area contributed by atoms with Crippen LogP contribution in [0, 0.1) is 10.1 Å². The Morgan fingerprint density at radius 2 is 2.00 bits per heavy atom. The minimum Gasteiger partial charge on any atom is -0.493 e. The van der Waals surface area contributed by atoms with Crippen molar-refractivity contribution in [2.45, 2.75) is 25.9 Å². The quantitative estimate of drug-likeness (QED) is 0.418. The van der Waals surface area contributed by atoms with Crippen molar-refractivity contribution in [1.82, 2.24) is 0 Å². The van der Waals surface area contributed by atoms with Gasteiger partial charge in [-0.3, -0.25) is 10.1 Å². The molecule has 0 aliphatic carbocycles. The summed E-state index contributed by atoms with van der Waals surface area (Å²) < 4.78 is 5.45. The molecule has 0 amide bonds. The second kappa shape index (κ2) is 7.62. The molecule has 0 fully saturated rings. The molecule has 0 atom stereocenters. The zero-order valence-corrected chi connectivity index (χ0v) is 10.0. The molecule has 0 saturated carbocycles. The molecular formula is C12H17NO5. The van der Waals surface area contributed by atoms with E-state index in [1.54, 1.807) is 0 Å². The number of aliphatic hydroxyl groups excluding tert-OH is 2. The Balaban J connectivity index is 2.57. The van der Waals surface area contributed by atoms with Gasteiger partial charge < -0.3 is 14.9 Å². The third-order valence-corrected chi connectivity index (χ3v) is 2.49. The monoisotopic (exact) mass is 255 g/mol. The van der Waals surface area contributed by atoms with Crippen LogP contribution in [0.1, 0.15) is 24.8 Å². The number of hydrogen-bond donors (Lipinski definition) is 2. The molecule has 0 aliphatic heterocycles. The molecule has 0 aromatic heterocycles. The van der Waals surface area contributed by atoms with E-state index >= 15 is 0 Å². The smallest absolute Gasteiger partial charge is 0.270 e. The van der Waals surface area contributed by atoms with E-state index in [9.17, 15) is 10.1 Å². The third kappa shape index (κ3) is 4.31. The van der Waals surface area contributed by atoms with Gasteiger partial charge in [0.25, 0.3) is 5.69 Å². The van der Waals surface area contributed by atoms with Gasteiger partial charge in [0, 0.05) is 24.3 Å². The zero-order chi connectivity index (χ0) is 13.4. The minimum absolute atomic E-state index is 0.0633. The predicted octanol–water partition coefficient (Wildman–Crippen LogP) is 1.63. The van der Waals surface area contributed by atoms with Gasteiger partial charge in [-0.25, -0.2) is 0 Å². The Bertz CT molecular complexity index is 394. The fourth-order valence-electron chi connectivity index (χ4n) is 1.52. The molecule has 0 radical (unpaired) electrons. The van der Waals surface area contributed by atoms with Crippen molar-refractivity contribution >= 4 is 5.69 Å². The van der Waals surface area contributed by atoms with Crippen molar-refractivity contribution in [3.63, 3.8) is 0 Å². The second-order valence-corrected chi connectivity index (χ2v) is 3.84. The SMILES string of the molecule is O=[N+]([O-])c1ccc(OCCCCCO)c(CO)c1. The summed E-state index contributed by atoms with van der Waals surface area (Å²) in [6.07, 6.45) is 2.39. The summed E-state index contributed by atoms with van der Waals surface area (Å²) >= 11 is 0. The molecule has 18 heavy (non-hydrogen) atoms. The fourth-order valence-corrected chi connectivity index (χ4v) is 1.52. The Hall–Kier alpha value is -1.66. The Morgan fingerprint density at radius 3 is 2.61 bits per heavy atom. The van der Waals surface area contributed by atoms with Gasteiger partial charge in [0.2, 0.25) is 0 Å². The maximum Gasteiger partial charge on any atom is 0.270 e. The lowest BCUT2D eigenvalue weighted by atomic mass is 10.2. The lowest BCUT2D eigenvalue weighted by Crippen LogP contribution is -2.01. The molecule has 0 spiro atoms. The number of nitrogens with zero attached hydrogens (tertiary/aromatic N) is 1. The summed E-state index contributed by atoms with van der Waals surface area (Å²) in [6, 6.07) is 4.15. The lowest BCUT2D eigenvalue weighted by Gasteiger charge is -2.09. The maximum atomic E-state index is 10.6. The molecule has 0 heterocycles. The Kier molecular flexibility index (Phi) is 6.10. The van der Waals surface area contributed by atoms with Gasteiger partial charge in [0.15, 0.2) is 0 Å². The van der Waals surface area contributed by atoms with Crippen LogP contribution in [-0.2, 0) is 6.61 Å². The number of aliphatic hydroxyl groups is 2. The van der Waals surface area contributed by atoms with Crippen LogP contribution in [0.2, 0.25) is 0 Å². The van der Waals surface area contributed by atoms with Crippen LogP contribution in [0.5, 0.6) is 5.75 Å². The average molecular weight is 255 g/mol. The summed E-state index contributed by atoms with van der Waals surface area (Å²) in [5, 5.41) is 28.3. The van der Waals surface area contributed by atoms with Crippen molar-refractivity contribution in [3.05, 3.63) is 33.9 Å². The van der Waals surface area contributed by atoms with Crippen LogP contribution in [0.15, 0.2) is 18.2 Å². The molecule has 100 valence electrons. The largest absolute Gasteiger partial charge is 0.493 e. The number of rotatable bonds is 8. The van der Waals surface area contributed by atoms with Gasteiger partial charge in [-0.2, -0.15) is 0 Å². The van der Waals surface area contributed by atoms with E-state index in [1.165, 1.54) is 18.2 Å². The number of non-ortho nitro benzene ring substituents is 1. The molecular weight excluding hydrogens is 238 g/mol. The van der Waals surface area contributed by atoms with Crippen molar-refractivity contribution < 1.29 is 19.9 Å². The molecule has 2 N–H and O–H groups in total. The van der Waals surface area contributed by atoms with Crippen LogP contribution >= 0.6 is 0 Å². The van der Waals surface area contributed by atoms with E-state index in [0.717, 1.165) is 19.3 Å². The first-order valence-corrected chi connectivity index (χ1v) is 5.81. The standard InChI is InChI=1S/C12H17NO5/c14-6-2-1-3-7-18-12-5-4-11(13(16)17)8-10(12)9-15/h4-5,8,14-15H,1-3,6-7,9H2. The molecule has 0 bridgehead atoms. The van der Waals surface area contributed by atoms with Gasteiger partial charge in [-0.05, 0) is 25.3 Å². The number of hydrogen-bond acceptors (Lipinski definition) is 5. The first kappa shape index (κ1) is 14.4. The molecule has 6 heteroatoms. The number of unbranched alkanes of at least 4 members (excludes halogenated alkanes) is 2. The molecule has 0 aliphatic rings. The fraction of sp³-hybridized carbons (Fsp3) is 0.500. The van der Waals surface area contributed by atoms with Crippen LogP contribution in [0.3, 0.4) is 0 Å². The predicted molar refractivity (Wildman–Crippen MR) is 65.5 cm³/mol. The lowest BCUT2D eigenvalue weighted by molar-refractivity contribution is -0.385. The number of ether oxygens (including phenoxy) is 1. The summed E-state index contributed by atoms with van der Waals surface area (Å²) in [7, 11) is 0. The first-order chi connectivity index (χ1) is 8.69. The van der Waals surface area contributed by atoms with E-state index in [4.69, 9.17) is 14.9 Å². The summed E-state index contributed by atoms with van der Waals surface area (Å²) in [5.74, 6) is 0.465. The maximum absolute atomic E-state index is 10.6. The van der Waals surface area contributed by atoms with E-state index in [1.807, 2.05) is 0 Å². The summed E-state index contributed by atoms with van der Waals surface area (Å²) in [5.41, 5.74) is 0.345. The second-order valence-electron chi connectivity index (χ2n) is 3.84.